The minimum absolute atomic E-state index is 0.00834. The van der Waals surface area contributed by atoms with E-state index in [1.807, 2.05) is 0 Å². The molecule has 0 aliphatic carbocycles. The highest BCUT2D eigenvalue weighted by Gasteiger charge is 2.22. The number of carbonyl (C=O) groups excluding carboxylic acids is 1. The molecule has 6 nitrogen and oxygen atoms in total. The van der Waals surface area contributed by atoms with E-state index in [1.165, 1.54) is 24.3 Å². The van der Waals surface area contributed by atoms with Gasteiger partial charge in [-0.15, -0.1) is 0 Å². The zero-order valence-corrected chi connectivity index (χ0v) is 10.7. The van der Waals surface area contributed by atoms with Crippen molar-refractivity contribution in [2.75, 3.05) is 6.61 Å². The molecule has 0 radical (unpaired) electrons. The third-order valence-corrected chi connectivity index (χ3v) is 2.38. The second-order valence-electron chi connectivity index (χ2n) is 3.94. The summed E-state index contributed by atoms with van der Waals surface area (Å²) in [5.74, 6) is -1.27. The normalized spacial score (nSPS) is 12.0. The number of benzene rings is 1. The standard InChI is InChI=1S/C12H13F3N2O4/c13-8-3-1-7(2-4-8)5-16-10(18)9(17-12(19)20)6-21-11(14)15/h1-4,9,11,17H,5-6H2,(H,16,18)(H,19,20)/t9-/m1/s1. The van der Waals surface area contributed by atoms with Gasteiger partial charge in [0.2, 0.25) is 5.91 Å². The summed E-state index contributed by atoms with van der Waals surface area (Å²) in [5, 5.41) is 12.6. The summed E-state index contributed by atoms with van der Waals surface area (Å²) in [5.41, 5.74) is 0.564. The number of carbonyl (C=O) groups is 2. The Balaban J connectivity index is 2.54. The number of rotatable bonds is 7. The highest BCUT2D eigenvalue weighted by atomic mass is 19.3. The minimum atomic E-state index is -3.12. The van der Waals surface area contributed by atoms with Crippen molar-refractivity contribution >= 4 is 12.0 Å². The molecule has 9 heteroatoms. The number of carboxylic acid groups (broad SMARTS) is 1. The Hall–Kier alpha value is -2.29. The van der Waals surface area contributed by atoms with Gasteiger partial charge in [-0.2, -0.15) is 8.78 Å². The third kappa shape index (κ3) is 6.61. The number of amides is 2. The van der Waals surface area contributed by atoms with Gasteiger partial charge < -0.3 is 20.5 Å². The van der Waals surface area contributed by atoms with Crippen molar-refractivity contribution < 1.29 is 32.6 Å². The van der Waals surface area contributed by atoms with E-state index >= 15 is 0 Å². The van der Waals surface area contributed by atoms with Crippen LogP contribution in [0.5, 0.6) is 0 Å². The van der Waals surface area contributed by atoms with E-state index in [4.69, 9.17) is 5.11 Å². The molecule has 0 heterocycles. The predicted molar refractivity (Wildman–Crippen MR) is 65.2 cm³/mol. The number of halogens is 3. The maximum atomic E-state index is 12.7. The lowest BCUT2D eigenvalue weighted by Crippen LogP contribution is -2.49. The van der Waals surface area contributed by atoms with E-state index < -0.39 is 37.1 Å². The molecule has 0 fully saturated rings. The Morgan fingerprint density at radius 3 is 2.38 bits per heavy atom. The molecule has 0 spiro atoms. The zero-order valence-electron chi connectivity index (χ0n) is 10.7. The fourth-order valence-corrected chi connectivity index (χ4v) is 1.42. The Morgan fingerprint density at radius 1 is 1.24 bits per heavy atom. The summed E-state index contributed by atoms with van der Waals surface area (Å²) in [6.07, 6.45) is -1.55. The van der Waals surface area contributed by atoms with Crippen LogP contribution in [0.1, 0.15) is 5.56 Å². The van der Waals surface area contributed by atoms with Crippen molar-refractivity contribution in [3.63, 3.8) is 0 Å². The molecule has 1 aromatic rings. The average molecular weight is 306 g/mol. The van der Waals surface area contributed by atoms with Crippen molar-refractivity contribution in [1.29, 1.82) is 0 Å². The van der Waals surface area contributed by atoms with Gasteiger partial charge in [0, 0.05) is 6.54 Å². The van der Waals surface area contributed by atoms with Gasteiger partial charge in [-0.25, -0.2) is 9.18 Å². The van der Waals surface area contributed by atoms with Crippen molar-refractivity contribution in [1.82, 2.24) is 10.6 Å². The molecule has 0 aliphatic rings. The average Bonchev–Trinajstić information content (AvgIpc) is 2.42. The molecule has 0 saturated heterocycles. The van der Waals surface area contributed by atoms with Crippen LogP contribution >= 0.6 is 0 Å². The van der Waals surface area contributed by atoms with Gasteiger partial charge in [-0.05, 0) is 17.7 Å². The van der Waals surface area contributed by atoms with Gasteiger partial charge in [-0.1, -0.05) is 12.1 Å². The summed E-state index contributed by atoms with van der Waals surface area (Å²) in [6, 6.07) is 3.75. The van der Waals surface area contributed by atoms with Crippen molar-refractivity contribution in [3.8, 4) is 0 Å². The maximum absolute atomic E-state index is 12.7. The Kier molecular flexibility index (Phi) is 6.47. The van der Waals surface area contributed by atoms with Crippen LogP contribution in [-0.4, -0.2) is 36.4 Å². The first kappa shape index (κ1) is 16.8. The van der Waals surface area contributed by atoms with E-state index in [0.717, 1.165) is 0 Å². The summed E-state index contributed by atoms with van der Waals surface area (Å²) >= 11 is 0. The number of ether oxygens (including phenoxy) is 1. The molecule has 3 N–H and O–H groups in total. The summed E-state index contributed by atoms with van der Waals surface area (Å²) < 4.78 is 40.4. The highest BCUT2D eigenvalue weighted by molar-refractivity contribution is 5.85. The number of hydrogen-bond donors (Lipinski definition) is 3. The fourth-order valence-electron chi connectivity index (χ4n) is 1.42. The lowest BCUT2D eigenvalue weighted by Gasteiger charge is -2.16. The zero-order chi connectivity index (χ0) is 15.8. The van der Waals surface area contributed by atoms with Gasteiger partial charge >= 0.3 is 12.7 Å². The number of nitrogens with one attached hydrogen (secondary N) is 2. The van der Waals surface area contributed by atoms with E-state index in [-0.39, 0.29) is 6.54 Å². The summed E-state index contributed by atoms with van der Waals surface area (Å²) in [7, 11) is 0. The first-order valence-electron chi connectivity index (χ1n) is 5.80. The summed E-state index contributed by atoms with van der Waals surface area (Å²) in [4.78, 5) is 22.2. The van der Waals surface area contributed by atoms with Crippen molar-refractivity contribution in [2.45, 2.75) is 19.2 Å². The van der Waals surface area contributed by atoms with Crippen LogP contribution in [-0.2, 0) is 16.1 Å². The lowest BCUT2D eigenvalue weighted by molar-refractivity contribution is -0.143. The molecule has 0 bridgehead atoms. The van der Waals surface area contributed by atoms with Gasteiger partial charge in [0.1, 0.15) is 11.9 Å². The highest BCUT2D eigenvalue weighted by Crippen LogP contribution is 2.03. The van der Waals surface area contributed by atoms with Crippen molar-refractivity contribution in [3.05, 3.63) is 35.6 Å². The van der Waals surface area contributed by atoms with Gasteiger partial charge in [-0.3, -0.25) is 4.79 Å². The van der Waals surface area contributed by atoms with E-state index in [2.05, 4.69) is 10.1 Å². The molecule has 0 saturated carbocycles. The Labute approximate surface area is 117 Å². The smallest absolute Gasteiger partial charge is 0.405 e. The number of hydrogen-bond acceptors (Lipinski definition) is 3. The first-order chi connectivity index (χ1) is 9.88. The molecule has 0 unspecified atom stereocenters. The minimum Gasteiger partial charge on any atom is -0.465 e. The van der Waals surface area contributed by atoms with Crippen LogP contribution in [0.2, 0.25) is 0 Å². The molecule has 21 heavy (non-hydrogen) atoms. The van der Waals surface area contributed by atoms with E-state index in [0.29, 0.717) is 5.56 Å². The quantitative estimate of drug-likeness (QED) is 0.709. The molecule has 0 aliphatic heterocycles. The van der Waals surface area contributed by atoms with E-state index in [1.54, 1.807) is 5.32 Å². The number of alkyl halides is 2. The SMILES string of the molecule is O=C(O)N[C@H](COC(F)F)C(=O)NCc1ccc(F)cc1. The first-order valence-corrected chi connectivity index (χ1v) is 5.80. The monoisotopic (exact) mass is 306 g/mol. The molecular weight excluding hydrogens is 293 g/mol. The molecule has 1 rings (SSSR count). The van der Waals surface area contributed by atoms with Gasteiger partial charge in [0.25, 0.3) is 0 Å². The predicted octanol–water partition coefficient (Wildman–Crippen LogP) is 1.32. The Bertz CT molecular complexity index is 482. The molecule has 0 aromatic heterocycles. The molecular formula is C12H13F3N2O4. The van der Waals surface area contributed by atoms with Crippen LogP contribution in [0.4, 0.5) is 18.0 Å². The maximum Gasteiger partial charge on any atom is 0.405 e. The van der Waals surface area contributed by atoms with E-state index in [9.17, 15) is 22.8 Å². The fraction of sp³-hybridized carbons (Fsp3) is 0.333. The molecule has 1 atom stereocenters. The second-order valence-corrected chi connectivity index (χ2v) is 3.94. The van der Waals surface area contributed by atoms with Crippen LogP contribution in [0.3, 0.4) is 0 Å². The molecule has 2 amide bonds. The van der Waals surface area contributed by atoms with Crippen molar-refractivity contribution in [2.24, 2.45) is 0 Å². The van der Waals surface area contributed by atoms with Crippen LogP contribution in [0.15, 0.2) is 24.3 Å². The summed E-state index contributed by atoms with van der Waals surface area (Å²) in [6.45, 7) is -3.93. The van der Waals surface area contributed by atoms with Crippen LogP contribution in [0, 0.1) is 5.82 Å². The van der Waals surface area contributed by atoms with Gasteiger partial charge in [0.15, 0.2) is 0 Å². The topological polar surface area (TPSA) is 87.7 Å². The lowest BCUT2D eigenvalue weighted by atomic mass is 10.2. The van der Waals surface area contributed by atoms with Gasteiger partial charge in [0.05, 0.1) is 6.61 Å². The molecule has 1 aromatic carbocycles. The third-order valence-electron chi connectivity index (χ3n) is 2.38. The van der Waals surface area contributed by atoms with Crippen LogP contribution in [0.25, 0.3) is 0 Å². The Morgan fingerprint density at radius 2 is 1.86 bits per heavy atom. The second kappa shape index (κ2) is 8.10. The van der Waals surface area contributed by atoms with Crippen LogP contribution < -0.4 is 10.6 Å². The molecule has 116 valence electrons. The largest absolute Gasteiger partial charge is 0.465 e.